The van der Waals surface area contributed by atoms with Crippen molar-refractivity contribution in [3.05, 3.63) is 23.8 Å². The topological polar surface area (TPSA) is 92.8 Å². The van der Waals surface area contributed by atoms with E-state index in [-0.39, 0.29) is 35.8 Å². The number of benzene rings is 1. The molecule has 2 amide bonds. The van der Waals surface area contributed by atoms with Crippen LogP contribution < -0.4 is 10.1 Å². The van der Waals surface area contributed by atoms with Crippen molar-refractivity contribution in [2.75, 3.05) is 31.0 Å². The van der Waals surface area contributed by atoms with Crippen LogP contribution in [0.2, 0.25) is 0 Å². The lowest BCUT2D eigenvalue weighted by molar-refractivity contribution is -0.135. The molecular weight excluding hydrogens is 344 g/mol. The summed E-state index contributed by atoms with van der Waals surface area (Å²) in [7, 11) is 0.257. The summed E-state index contributed by atoms with van der Waals surface area (Å²) in [6.07, 6.45) is 0.956. The average Bonchev–Trinajstić information content (AvgIpc) is 2.59. The van der Waals surface area contributed by atoms with Crippen molar-refractivity contribution in [1.82, 2.24) is 4.90 Å². The quantitative estimate of drug-likeness (QED) is 0.866. The molecule has 1 N–H and O–H groups in total. The molecule has 8 heteroatoms. The lowest BCUT2D eigenvalue weighted by Gasteiger charge is -2.35. The number of hydrogen-bond donors (Lipinski definition) is 1. The summed E-state index contributed by atoms with van der Waals surface area (Å²) in [6, 6.07) is 5.13. The maximum atomic E-state index is 13.0. The van der Waals surface area contributed by atoms with Gasteiger partial charge < -0.3 is 15.0 Å². The van der Waals surface area contributed by atoms with Gasteiger partial charge in [-0.05, 0) is 36.6 Å². The van der Waals surface area contributed by atoms with E-state index < -0.39 is 15.8 Å². The highest BCUT2D eigenvalue weighted by atomic mass is 32.2. The number of nitrogens with zero attached hydrogens (tertiary/aromatic N) is 1. The van der Waals surface area contributed by atoms with Gasteiger partial charge in [-0.2, -0.15) is 0 Å². The zero-order chi connectivity index (χ0) is 18.2. The fourth-order valence-electron chi connectivity index (χ4n) is 3.48. The lowest BCUT2D eigenvalue weighted by Crippen LogP contribution is -2.45. The molecule has 136 valence electrons. The minimum atomic E-state index is -2.98. The third-order valence-corrected chi connectivity index (χ3v) is 6.73. The highest BCUT2D eigenvalue weighted by Crippen LogP contribution is 2.36. The van der Waals surface area contributed by atoms with Crippen molar-refractivity contribution in [3.8, 4) is 5.75 Å². The molecule has 0 unspecified atom stereocenters. The Bertz CT molecular complexity index is 791. The monoisotopic (exact) mass is 366 g/mol. The molecule has 1 atom stereocenters. The summed E-state index contributed by atoms with van der Waals surface area (Å²) in [5.41, 5.74) is 1.36. The van der Waals surface area contributed by atoms with Crippen LogP contribution in [0.5, 0.6) is 5.75 Å². The second-order valence-corrected chi connectivity index (χ2v) is 8.89. The standard InChI is InChI=1S/C17H22N2O5S/c1-19(11-5-7-25(22,23)8-6-11)17(21)14-10-16(20)18-15-4-3-12(24-2)9-13(14)15/h3-4,9,11,14H,5-8,10H2,1-2H3,(H,18,20)/t14-/m1/s1. The smallest absolute Gasteiger partial charge is 0.230 e. The molecule has 25 heavy (non-hydrogen) atoms. The summed E-state index contributed by atoms with van der Waals surface area (Å²) in [6.45, 7) is 0. The minimum Gasteiger partial charge on any atom is -0.497 e. The SMILES string of the molecule is COc1ccc2c(c1)[C@H](C(=O)N(C)C1CCS(=O)(=O)CC1)CC(=O)N2. The molecule has 1 saturated heterocycles. The molecule has 0 aliphatic carbocycles. The van der Waals surface area contributed by atoms with Gasteiger partial charge in [0.15, 0.2) is 0 Å². The molecule has 1 aromatic carbocycles. The molecule has 2 aliphatic heterocycles. The number of methoxy groups -OCH3 is 1. The minimum absolute atomic E-state index is 0.0777. The molecule has 2 aliphatic rings. The van der Waals surface area contributed by atoms with Crippen LogP contribution in [0, 0.1) is 0 Å². The summed E-state index contributed by atoms with van der Waals surface area (Å²) in [5, 5.41) is 2.78. The highest BCUT2D eigenvalue weighted by molar-refractivity contribution is 7.91. The van der Waals surface area contributed by atoms with E-state index in [9.17, 15) is 18.0 Å². The largest absolute Gasteiger partial charge is 0.497 e. The van der Waals surface area contributed by atoms with Gasteiger partial charge in [0.2, 0.25) is 11.8 Å². The molecule has 0 saturated carbocycles. The van der Waals surface area contributed by atoms with Crippen LogP contribution in [0.15, 0.2) is 18.2 Å². The highest BCUT2D eigenvalue weighted by Gasteiger charge is 2.36. The number of sulfone groups is 1. The normalized spacial score (nSPS) is 22.6. The van der Waals surface area contributed by atoms with E-state index >= 15 is 0 Å². The first-order valence-electron chi connectivity index (χ1n) is 8.25. The number of rotatable bonds is 3. The third-order valence-electron chi connectivity index (χ3n) is 5.02. The Labute approximate surface area is 147 Å². The van der Waals surface area contributed by atoms with Crippen LogP contribution in [0.25, 0.3) is 0 Å². The summed E-state index contributed by atoms with van der Waals surface area (Å²) in [4.78, 5) is 26.6. The van der Waals surface area contributed by atoms with E-state index in [1.165, 1.54) is 0 Å². The zero-order valence-electron chi connectivity index (χ0n) is 14.3. The molecule has 2 heterocycles. The number of carbonyl (C=O) groups is 2. The first kappa shape index (κ1) is 17.7. The predicted octanol–water partition coefficient (Wildman–Crippen LogP) is 1.16. The molecule has 1 aromatic rings. The Morgan fingerprint density at radius 2 is 1.96 bits per heavy atom. The Kier molecular flexibility index (Phi) is 4.73. The average molecular weight is 366 g/mol. The molecular formula is C17H22N2O5S. The maximum Gasteiger partial charge on any atom is 0.230 e. The Morgan fingerprint density at radius 3 is 2.60 bits per heavy atom. The van der Waals surface area contributed by atoms with Crippen molar-refractivity contribution < 1.29 is 22.7 Å². The lowest BCUT2D eigenvalue weighted by atomic mass is 9.88. The van der Waals surface area contributed by atoms with Gasteiger partial charge in [-0.15, -0.1) is 0 Å². The Morgan fingerprint density at radius 1 is 1.28 bits per heavy atom. The van der Waals surface area contributed by atoms with Gasteiger partial charge in [-0.1, -0.05) is 0 Å². The van der Waals surface area contributed by atoms with Crippen molar-refractivity contribution >= 4 is 27.3 Å². The van der Waals surface area contributed by atoms with E-state index in [0.29, 0.717) is 24.3 Å². The van der Waals surface area contributed by atoms with Gasteiger partial charge >= 0.3 is 0 Å². The van der Waals surface area contributed by atoms with Crippen LogP contribution in [-0.4, -0.2) is 56.8 Å². The number of ether oxygens (including phenoxy) is 1. The number of fused-ring (bicyclic) bond motifs is 1. The number of amides is 2. The van der Waals surface area contributed by atoms with Crippen molar-refractivity contribution in [2.45, 2.75) is 31.2 Å². The van der Waals surface area contributed by atoms with Crippen LogP contribution in [-0.2, 0) is 19.4 Å². The zero-order valence-corrected chi connectivity index (χ0v) is 15.1. The van der Waals surface area contributed by atoms with Crippen molar-refractivity contribution in [3.63, 3.8) is 0 Å². The van der Waals surface area contributed by atoms with Crippen molar-refractivity contribution in [2.24, 2.45) is 0 Å². The second-order valence-electron chi connectivity index (χ2n) is 6.59. The second kappa shape index (κ2) is 6.67. The van der Waals surface area contributed by atoms with Gasteiger partial charge in [-0.25, -0.2) is 8.42 Å². The van der Waals surface area contributed by atoms with Crippen molar-refractivity contribution in [1.29, 1.82) is 0 Å². The fraction of sp³-hybridized carbons (Fsp3) is 0.529. The number of likely N-dealkylation sites (N-methyl/N-ethyl adjacent to an activating group) is 1. The van der Waals surface area contributed by atoms with Gasteiger partial charge in [-0.3, -0.25) is 9.59 Å². The van der Waals surface area contributed by atoms with E-state index in [2.05, 4.69) is 5.32 Å². The van der Waals surface area contributed by atoms with Gasteiger partial charge in [0.1, 0.15) is 15.6 Å². The first-order chi connectivity index (χ1) is 11.8. The predicted molar refractivity (Wildman–Crippen MR) is 93.4 cm³/mol. The van der Waals surface area contributed by atoms with Crippen LogP contribution in [0.1, 0.15) is 30.7 Å². The molecule has 0 bridgehead atoms. The van der Waals surface area contributed by atoms with Crippen LogP contribution >= 0.6 is 0 Å². The molecule has 0 spiro atoms. The van der Waals surface area contributed by atoms with E-state index in [1.807, 2.05) is 0 Å². The summed E-state index contributed by atoms with van der Waals surface area (Å²) in [5.74, 6) is -0.110. The first-order valence-corrected chi connectivity index (χ1v) is 10.1. The van der Waals surface area contributed by atoms with E-state index in [1.54, 1.807) is 37.3 Å². The van der Waals surface area contributed by atoms with Gasteiger partial charge in [0.05, 0.1) is 24.5 Å². The van der Waals surface area contributed by atoms with E-state index in [0.717, 1.165) is 5.56 Å². The molecule has 0 aromatic heterocycles. The molecule has 1 fully saturated rings. The maximum absolute atomic E-state index is 13.0. The number of carbonyl (C=O) groups excluding carboxylic acids is 2. The Hall–Kier alpha value is -2.09. The number of nitrogens with one attached hydrogen (secondary N) is 1. The fourth-order valence-corrected chi connectivity index (χ4v) is 4.94. The summed E-state index contributed by atoms with van der Waals surface area (Å²) >= 11 is 0. The Balaban J connectivity index is 1.83. The van der Waals surface area contributed by atoms with Crippen LogP contribution in [0.3, 0.4) is 0 Å². The van der Waals surface area contributed by atoms with Gasteiger partial charge in [0, 0.05) is 25.2 Å². The van der Waals surface area contributed by atoms with Gasteiger partial charge in [0.25, 0.3) is 0 Å². The van der Waals surface area contributed by atoms with Crippen LogP contribution in [0.4, 0.5) is 5.69 Å². The number of hydrogen-bond acceptors (Lipinski definition) is 5. The third kappa shape index (κ3) is 3.63. The number of anilines is 1. The molecule has 7 nitrogen and oxygen atoms in total. The molecule has 0 radical (unpaired) electrons. The van der Waals surface area contributed by atoms with E-state index in [4.69, 9.17) is 4.74 Å². The summed E-state index contributed by atoms with van der Waals surface area (Å²) < 4.78 is 28.4. The molecule has 3 rings (SSSR count).